The van der Waals surface area contributed by atoms with E-state index < -0.39 is 17.9 Å². The van der Waals surface area contributed by atoms with E-state index in [0.29, 0.717) is 36.3 Å². The number of carbonyl (C=O) groups is 4. The highest BCUT2D eigenvalue weighted by Crippen LogP contribution is 2.43. The fourth-order valence-corrected chi connectivity index (χ4v) is 4.40. The molecule has 3 heterocycles. The Morgan fingerprint density at radius 3 is 2.63 bits per heavy atom. The van der Waals surface area contributed by atoms with Crippen LogP contribution in [0, 0.1) is 0 Å². The molecule has 0 spiro atoms. The van der Waals surface area contributed by atoms with Gasteiger partial charge in [0, 0.05) is 17.6 Å². The van der Waals surface area contributed by atoms with Crippen molar-refractivity contribution in [3.8, 4) is 11.5 Å². The molecule has 4 amide bonds. The van der Waals surface area contributed by atoms with Crippen molar-refractivity contribution in [2.24, 2.45) is 0 Å². The number of rotatable bonds is 8. The van der Waals surface area contributed by atoms with Crippen molar-refractivity contribution >= 4 is 57.4 Å². The lowest BCUT2D eigenvalue weighted by Gasteiger charge is -2.27. The van der Waals surface area contributed by atoms with Crippen LogP contribution in [0.4, 0.5) is 4.79 Å². The molecule has 0 saturated carbocycles. The zero-order valence-electron chi connectivity index (χ0n) is 20.4. The Kier molecular flexibility index (Phi) is 8.59. The predicted octanol–water partition coefficient (Wildman–Crippen LogP) is 2.82. The zero-order valence-corrected chi connectivity index (χ0v) is 22.7. The van der Waals surface area contributed by atoms with Gasteiger partial charge in [-0.15, -0.1) is 0 Å². The summed E-state index contributed by atoms with van der Waals surface area (Å²) in [5.74, 6) is -0.985. The van der Waals surface area contributed by atoms with Gasteiger partial charge in [-0.3, -0.25) is 14.5 Å². The fourth-order valence-electron chi connectivity index (χ4n) is 3.73. The average molecular weight is 613 g/mol. The van der Waals surface area contributed by atoms with E-state index in [-0.39, 0.29) is 52.8 Å². The van der Waals surface area contributed by atoms with E-state index in [4.69, 9.17) is 30.2 Å². The van der Waals surface area contributed by atoms with E-state index in [0.717, 1.165) is 4.90 Å². The maximum absolute atomic E-state index is 13.0. The number of halogens is 2. The van der Waals surface area contributed by atoms with Crippen LogP contribution >= 0.6 is 27.5 Å². The highest BCUT2D eigenvalue weighted by molar-refractivity contribution is 9.10. The van der Waals surface area contributed by atoms with Gasteiger partial charge < -0.3 is 33.6 Å². The molecule has 0 aliphatic carbocycles. The molecule has 0 atom stereocenters. The van der Waals surface area contributed by atoms with Crippen LogP contribution in [0.15, 0.2) is 32.8 Å². The van der Waals surface area contributed by atoms with Crippen LogP contribution in [0.3, 0.4) is 0 Å². The van der Waals surface area contributed by atoms with Crippen molar-refractivity contribution in [3.63, 3.8) is 0 Å². The van der Waals surface area contributed by atoms with Gasteiger partial charge in [-0.2, -0.15) is 0 Å². The summed E-state index contributed by atoms with van der Waals surface area (Å²) in [6.45, 7) is 1.44. The lowest BCUT2D eigenvalue weighted by molar-refractivity contribution is -0.137. The molecule has 4 rings (SSSR count). The van der Waals surface area contributed by atoms with E-state index >= 15 is 0 Å². The van der Waals surface area contributed by atoms with E-state index in [2.05, 4.69) is 26.0 Å². The highest BCUT2D eigenvalue weighted by atomic mass is 79.9. The minimum Gasteiger partial charge on any atom is -0.493 e. The molecule has 202 valence electrons. The number of nitrogens with zero attached hydrogens (tertiary/aromatic N) is 2. The quantitative estimate of drug-likeness (QED) is 0.271. The number of carbonyl (C=O) groups excluding carboxylic acids is 4. The number of ether oxygens (including phenoxy) is 4. The molecule has 0 radical (unpaired) electrons. The number of amides is 4. The minimum absolute atomic E-state index is 0.0234. The van der Waals surface area contributed by atoms with Gasteiger partial charge in [0.05, 0.1) is 34.0 Å². The second-order valence-electron chi connectivity index (χ2n) is 8.04. The monoisotopic (exact) mass is 611 g/mol. The SMILES string of the molecule is COC(=O)c1ccc(CN2C(=O)N/C(=C\c3cc(OC)c(OCC(=O)N4CCOCC4)c(Cl)c3Br)C2=O)o1. The third kappa shape index (κ3) is 5.79. The molecule has 12 nitrogen and oxygen atoms in total. The summed E-state index contributed by atoms with van der Waals surface area (Å²) in [4.78, 5) is 52.1. The molecule has 2 fully saturated rings. The van der Waals surface area contributed by atoms with Gasteiger partial charge in [0.25, 0.3) is 11.8 Å². The third-order valence-corrected chi connectivity index (χ3v) is 7.15. The van der Waals surface area contributed by atoms with E-state index in [1.54, 1.807) is 11.0 Å². The molecule has 1 N–H and O–H groups in total. The highest BCUT2D eigenvalue weighted by Gasteiger charge is 2.35. The number of morpholine rings is 1. The molecule has 2 aromatic rings. The third-order valence-electron chi connectivity index (χ3n) is 5.70. The van der Waals surface area contributed by atoms with Gasteiger partial charge in [-0.05, 0) is 45.8 Å². The number of esters is 1. The number of imide groups is 1. The zero-order chi connectivity index (χ0) is 27.4. The maximum atomic E-state index is 13.0. The first-order valence-corrected chi connectivity index (χ1v) is 12.5. The number of urea groups is 1. The molecule has 0 bridgehead atoms. The summed E-state index contributed by atoms with van der Waals surface area (Å²) in [6.07, 6.45) is 1.42. The van der Waals surface area contributed by atoms with Crippen molar-refractivity contribution in [3.05, 3.63) is 50.5 Å². The minimum atomic E-state index is -0.678. The Hall–Kier alpha value is -3.55. The summed E-state index contributed by atoms with van der Waals surface area (Å²) in [7, 11) is 2.62. The van der Waals surface area contributed by atoms with Gasteiger partial charge in [-0.25, -0.2) is 9.59 Å². The molecule has 38 heavy (non-hydrogen) atoms. The molecule has 2 saturated heterocycles. The molecule has 0 unspecified atom stereocenters. The summed E-state index contributed by atoms with van der Waals surface area (Å²) in [5.41, 5.74) is 0.389. The number of benzene rings is 1. The van der Waals surface area contributed by atoms with Crippen LogP contribution in [0.2, 0.25) is 5.02 Å². The largest absolute Gasteiger partial charge is 0.493 e. The Balaban J connectivity index is 1.51. The number of hydrogen-bond acceptors (Lipinski definition) is 9. The topological polar surface area (TPSA) is 137 Å². The lowest BCUT2D eigenvalue weighted by atomic mass is 10.1. The summed E-state index contributed by atoms with van der Waals surface area (Å²) in [6, 6.07) is 3.74. The maximum Gasteiger partial charge on any atom is 0.373 e. The number of nitrogens with one attached hydrogen (secondary N) is 1. The van der Waals surface area contributed by atoms with Crippen LogP contribution in [0.5, 0.6) is 11.5 Å². The van der Waals surface area contributed by atoms with Crippen molar-refractivity contribution in [1.82, 2.24) is 15.1 Å². The van der Waals surface area contributed by atoms with Gasteiger partial charge in [0.15, 0.2) is 18.1 Å². The summed E-state index contributed by atoms with van der Waals surface area (Å²) >= 11 is 9.91. The normalized spacial score (nSPS) is 16.6. The lowest BCUT2D eigenvalue weighted by Crippen LogP contribution is -2.43. The Morgan fingerprint density at radius 2 is 1.95 bits per heavy atom. The van der Waals surface area contributed by atoms with Crippen LogP contribution in [0.25, 0.3) is 6.08 Å². The summed E-state index contributed by atoms with van der Waals surface area (Å²) < 4.78 is 26.7. The number of methoxy groups -OCH3 is 2. The number of hydrogen-bond donors (Lipinski definition) is 1. The first kappa shape index (κ1) is 27.5. The smallest absolute Gasteiger partial charge is 0.373 e. The van der Waals surface area contributed by atoms with Crippen LogP contribution in [-0.4, -0.2) is 80.7 Å². The van der Waals surface area contributed by atoms with Crippen molar-refractivity contribution in [2.45, 2.75) is 6.54 Å². The summed E-state index contributed by atoms with van der Waals surface area (Å²) in [5, 5.41) is 2.62. The Bertz CT molecular complexity index is 1300. The van der Waals surface area contributed by atoms with E-state index in [9.17, 15) is 19.2 Å². The van der Waals surface area contributed by atoms with Crippen LogP contribution in [0.1, 0.15) is 21.9 Å². The Labute approximate surface area is 230 Å². The second kappa shape index (κ2) is 11.9. The molecule has 14 heteroatoms. The standard InChI is InChI=1S/C24H23BrClN3O9/c1-34-17-10-13(19(25)20(26)21(17)37-12-18(30)28-5-7-36-8-6-28)9-15-22(31)29(24(33)27-15)11-14-3-4-16(38-14)23(32)35-2/h3-4,9-10H,5-8,11-12H2,1-2H3,(H,27,33)/b15-9-. The van der Waals surface area contributed by atoms with Gasteiger partial charge in [0.1, 0.15) is 16.5 Å². The van der Waals surface area contributed by atoms with E-state index in [1.165, 1.54) is 32.4 Å². The molecule has 1 aromatic carbocycles. The molecule has 1 aromatic heterocycles. The van der Waals surface area contributed by atoms with Gasteiger partial charge >= 0.3 is 12.0 Å². The van der Waals surface area contributed by atoms with Crippen LogP contribution < -0.4 is 14.8 Å². The Morgan fingerprint density at radius 1 is 1.21 bits per heavy atom. The molecular weight excluding hydrogens is 590 g/mol. The first-order valence-electron chi connectivity index (χ1n) is 11.3. The van der Waals surface area contributed by atoms with Crippen molar-refractivity contribution < 1.29 is 42.5 Å². The number of furan rings is 1. The van der Waals surface area contributed by atoms with Crippen molar-refractivity contribution in [2.75, 3.05) is 47.1 Å². The molecular formula is C24H23BrClN3O9. The van der Waals surface area contributed by atoms with Crippen LogP contribution in [-0.2, 0) is 25.6 Å². The predicted molar refractivity (Wildman–Crippen MR) is 136 cm³/mol. The first-order chi connectivity index (χ1) is 18.2. The van der Waals surface area contributed by atoms with E-state index in [1.807, 2.05) is 0 Å². The fraction of sp³-hybridized carbons (Fsp3) is 0.333. The average Bonchev–Trinajstić information content (AvgIpc) is 3.50. The van der Waals surface area contributed by atoms with Gasteiger partial charge in [-0.1, -0.05) is 11.6 Å². The molecule has 2 aliphatic heterocycles. The van der Waals surface area contributed by atoms with Crippen molar-refractivity contribution in [1.29, 1.82) is 0 Å². The van der Waals surface area contributed by atoms with Gasteiger partial charge in [0.2, 0.25) is 5.76 Å². The second-order valence-corrected chi connectivity index (χ2v) is 9.21. The molecule has 2 aliphatic rings.